The highest BCUT2D eigenvalue weighted by molar-refractivity contribution is 6.30. The summed E-state index contributed by atoms with van der Waals surface area (Å²) in [5, 5.41) is 15.7. The van der Waals surface area contributed by atoms with Gasteiger partial charge in [-0.2, -0.15) is 0 Å². The Morgan fingerprint density at radius 2 is 2.08 bits per heavy atom. The van der Waals surface area contributed by atoms with Crippen LogP contribution in [0.15, 0.2) is 53.7 Å². The van der Waals surface area contributed by atoms with E-state index in [-0.39, 0.29) is 0 Å². The Morgan fingerprint density at radius 1 is 1.16 bits per heavy atom. The van der Waals surface area contributed by atoms with E-state index in [9.17, 15) is 0 Å². The summed E-state index contributed by atoms with van der Waals surface area (Å²) in [4.78, 5) is 4.24. The van der Waals surface area contributed by atoms with Gasteiger partial charge in [-0.05, 0) is 36.2 Å². The molecule has 0 aliphatic heterocycles. The molecule has 0 aliphatic rings. The molecule has 0 saturated carbocycles. The molecular weight excluding hydrogens is 336 g/mol. The molecule has 2 aromatic heterocycles. The summed E-state index contributed by atoms with van der Waals surface area (Å²) in [5.41, 5.74) is 2.00. The van der Waals surface area contributed by atoms with Gasteiger partial charge in [-0.25, -0.2) is 0 Å². The Labute approximate surface area is 152 Å². The third-order valence-electron chi connectivity index (χ3n) is 3.83. The molecule has 0 amide bonds. The second kappa shape index (κ2) is 8.48. The Kier molecular flexibility index (Phi) is 5.85. The first-order valence-electron chi connectivity index (χ1n) is 8.24. The minimum Gasteiger partial charge on any atom is -0.356 e. The molecular formula is C18H21ClN6. The van der Waals surface area contributed by atoms with E-state index in [4.69, 9.17) is 11.6 Å². The van der Waals surface area contributed by atoms with Crippen LogP contribution in [0, 0.1) is 0 Å². The van der Waals surface area contributed by atoms with Crippen LogP contribution < -0.4 is 10.6 Å². The summed E-state index contributed by atoms with van der Waals surface area (Å²) in [7, 11) is 1.76. The van der Waals surface area contributed by atoms with Crippen molar-refractivity contribution < 1.29 is 0 Å². The summed E-state index contributed by atoms with van der Waals surface area (Å²) in [6, 6.07) is 13.7. The van der Waals surface area contributed by atoms with Gasteiger partial charge in [-0.3, -0.25) is 9.39 Å². The van der Waals surface area contributed by atoms with Crippen molar-refractivity contribution in [3.63, 3.8) is 0 Å². The molecule has 0 bridgehead atoms. The van der Waals surface area contributed by atoms with Crippen LogP contribution in [-0.4, -0.2) is 34.2 Å². The molecule has 3 aromatic rings. The smallest absolute Gasteiger partial charge is 0.191 e. The molecule has 0 spiro atoms. The summed E-state index contributed by atoms with van der Waals surface area (Å²) in [6.45, 7) is 1.48. The molecule has 0 aliphatic carbocycles. The molecule has 0 fully saturated rings. The van der Waals surface area contributed by atoms with Crippen LogP contribution >= 0.6 is 11.6 Å². The first kappa shape index (κ1) is 17.2. The zero-order valence-electron chi connectivity index (χ0n) is 14.1. The molecule has 0 saturated heterocycles. The third kappa shape index (κ3) is 4.70. The molecule has 25 heavy (non-hydrogen) atoms. The predicted octanol–water partition coefficient (Wildman–Crippen LogP) is 2.68. The van der Waals surface area contributed by atoms with Crippen LogP contribution in [0.25, 0.3) is 5.65 Å². The van der Waals surface area contributed by atoms with Crippen LogP contribution in [0.3, 0.4) is 0 Å². The number of rotatable bonds is 6. The van der Waals surface area contributed by atoms with Gasteiger partial charge in [0.05, 0.1) is 0 Å². The number of halogens is 1. The molecule has 6 nitrogen and oxygen atoms in total. The standard InChI is InChI=1S/C18H21ClN6/c1-20-18(22-13-14-6-4-7-15(19)12-14)21-10-5-9-17-24-23-16-8-2-3-11-25(16)17/h2-4,6-8,11-12H,5,9-10,13H2,1H3,(H2,20,21,22). The van der Waals surface area contributed by atoms with E-state index in [2.05, 4.69) is 25.8 Å². The largest absolute Gasteiger partial charge is 0.356 e. The second-order valence-corrected chi connectivity index (χ2v) is 6.07. The maximum Gasteiger partial charge on any atom is 0.191 e. The quantitative estimate of drug-likeness (QED) is 0.405. The number of nitrogens with zero attached hydrogens (tertiary/aromatic N) is 4. The van der Waals surface area contributed by atoms with Crippen molar-refractivity contribution in [3.05, 3.63) is 65.1 Å². The summed E-state index contributed by atoms with van der Waals surface area (Å²) < 4.78 is 2.02. The number of hydrogen-bond donors (Lipinski definition) is 2. The highest BCUT2D eigenvalue weighted by Gasteiger charge is 2.04. The molecule has 3 rings (SSSR count). The van der Waals surface area contributed by atoms with Crippen molar-refractivity contribution in [1.82, 2.24) is 25.2 Å². The van der Waals surface area contributed by atoms with E-state index in [1.807, 2.05) is 53.1 Å². The highest BCUT2D eigenvalue weighted by atomic mass is 35.5. The average molecular weight is 357 g/mol. The van der Waals surface area contributed by atoms with Gasteiger partial charge >= 0.3 is 0 Å². The topological polar surface area (TPSA) is 66.6 Å². The van der Waals surface area contributed by atoms with Crippen LogP contribution in [-0.2, 0) is 13.0 Å². The van der Waals surface area contributed by atoms with E-state index < -0.39 is 0 Å². The third-order valence-corrected chi connectivity index (χ3v) is 4.06. The van der Waals surface area contributed by atoms with E-state index in [0.29, 0.717) is 6.54 Å². The normalized spacial score (nSPS) is 11.7. The first-order valence-corrected chi connectivity index (χ1v) is 8.61. The van der Waals surface area contributed by atoms with Gasteiger partial charge in [0.1, 0.15) is 5.82 Å². The molecule has 2 N–H and O–H groups in total. The highest BCUT2D eigenvalue weighted by Crippen LogP contribution is 2.10. The van der Waals surface area contributed by atoms with Crippen molar-refractivity contribution in [2.75, 3.05) is 13.6 Å². The lowest BCUT2D eigenvalue weighted by molar-refractivity contribution is 0.714. The van der Waals surface area contributed by atoms with Crippen molar-refractivity contribution in [3.8, 4) is 0 Å². The zero-order chi connectivity index (χ0) is 17.5. The molecule has 0 atom stereocenters. The number of fused-ring (bicyclic) bond motifs is 1. The molecule has 2 heterocycles. The van der Waals surface area contributed by atoms with Crippen molar-refractivity contribution >= 4 is 23.2 Å². The lowest BCUT2D eigenvalue weighted by Gasteiger charge is -2.12. The maximum absolute atomic E-state index is 6.00. The molecule has 0 unspecified atom stereocenters. The summed E-state index contributed by atoms with van der Waals surface area (Å²) in [6.07, 6.45) is 3.78. The minimum absolute atomic E-state index is 0.676. The Morgan fingerprint density at radius 3 is 2.92 bits per heavy atom. The lowest BCUT2D eigenvalue weighted by atomic mass is 10.2. The number of aromatic nitrogens is 3. The molecule has 1 aromatic carbocycles. The number of pyridine rings is 1. The van der Waals surface area contributed by atoms with Gasteiger partial charge in [0, 0.05) is 37.8 Å². The monoisotopic (exact) mass is 356 g/mol. The minimum atomic E-state index is 0.676. The fourth-order valence-electron chi connectivity index (χ4n) is 2.57. The van der Waals surface area contributed by atoms with E-state index in [1.54, 1.807) is 7.05 Å². The number of nitrogens with one attached hydrogen (secondary N) is 2. The van der Waals surface area contributed by atoms with Crippen molar-refractivity contribution in [2.24, 2.45) is 4.99 Å². The predicted molar refractivity (Wildman–Crippen MR) is 101 cm³/mol. The van der Waals surface area contributed by atoms with Crippen LogP contribution in [0.1, 0.15) is 17.8 Å². The van der Waals surface area contributed by atoms with Crippen molar-refractivity contribution in [1.29, 1.82) is 0 Å². The number of hydrogen-bond acceptors (Lipinski definition) is 3. The Balaban J connectivity index is 1.44. The molecule has 7 heteroatoms. The zero-order valence-corrected chi connectivity index (χ0v) is 14.9. The van der Waals surface area contributed by atoms with Crippen LogP contribution in [0.2, 0.25) is 5.02 Å². The molecule has 0 radical (unpaired) electrons. The Hall–Kier alpha value is -2.60. The van der Waals surface area contributed by atoms with Gasteiger partial charge in [0.15, 0.2) is 11.6 Å². The fourth-order valence-corrected chi connectivity index (χ4v) is 2.78. The summed E-state index contributed by atoms with van der Waals surface area (Å²) in [5.74, 6) is 1.74. The fraction of sp³-hybridized carbons (Fsp3) is 0.278. The van der Waals surface area contributed by atoms with E-state index in [0.717, 1.165) is 47.4 Å². The van der Waals surface area contributed by atoms with Gasteiger partial charge in [0.25, 0.3) is 0 Å². The first-order chi connectivity index (χ1) is 12.3. The molecule has 130 valence electrons. The Bertz CT molecular complexity index is 857. The second-order valence-electron chi connectivity index (χ2n) is 5.63. The van der Waals surface area contributed by atoms with E-state index >= 15 is 0 Å². The number of aliphatic imine (C=N–C) groups is 1. The number of aryl methyl sites for hydroxylation is 1. The summed E-state index contributed by atoms with van der Waals surface area (Å²) >= 11 is 6.00. The van der Waals surface area contributed by atoms with Gasteiger partial charge < -0.3 is 10.6 Å². The van der Waals surface area contributed by atoms with Gasteiger partial charge in [-0.15, -0.1) is 10.2 Å². The average Bonchev–Trinajstić information content (AvgIpc) is 3.04. The van der Waals surface area contributed by atoms with Crippen LogP contribution in [0.4, 0.5) is 0 Å². The van der Waals surface area contributed by atoms with Crippen molar-refractivity contribution in [2.45, 2.75) is 19.4 Å². The van der Waals surface area contributed by atoms with E-state index in [1.165, 1.54) is 0 Å². The number of guanidine groups is 1. The van der Waals surface area contributed by atoms with Crippen LogP contribution in [0.5, 0.6) is 0 Å². The SMILES string of the molecule is CN=C(NCCCc1nnc2ccccn12)NCc1cccc(Cl)c1. The van der Waals surface area contributed by atoms with Gasteiger partial charge in [0.2, 0.25) is 0 Å². The number of benzene rings is 1. The maximum atomic E-state index is 6.00. The lowest BCUT2D eigenvalue weighted by Crippen LogP contribution is -2.37. The van der Waals surface area contributed by atoms with Gasteiger partial charge in [-0.1, -0.05) is 29.8 Å².